The normalized spacial score (nSPS) is 10.1. The molecule has 0 spiro atoms. The summed E-state index contributed by atoms with van der Waals surface area (Å²) in [6.07, 6.45) is 0. The van der Waals surface area contributed by atoms with Gasteiger partial charge in [0.05, 0.1) is 12.7 Å². The van der Waals surface area contributed by atoms with Crippen LogP contribution in [0, 0.1) is 13.8 Å². The summed E-state index contributed by atoms with van der Waals surface area (Å²) < 4.78 is 11.3. The Balaban J connectivity index is 1.89. The van der Waals surface area contributed by atoms with Gasteiger partial charge in [-0.25, -0.2) is 0 Å². The highest BCUT2D eigenvalue weighted by Crippen LogP contribution is 2.22. The maximum Gasteiger partial charge on any atom is 0.276 e. The van der Waals surface area contributed by atoms with E-state index in [0.29, 0.717) is 17.1 Å². The topological polar surface area (TPSA) is 76.7 Å². The first-order valence-electron chi connectivity index (χ1n) is 7.53. The van der Waals surface area contributed by atoms with E-state index in [-0.39, 0.29) is 6.61 Å². The molecule has 132 valence electrons. The third kappa shape index (κ3) is 5.49. The Kier molecular flexibility index (Phi) is 6.41. The van der Waals surface area contributed by atoms with E-state index in [9.17, 15) is 9.59 Å². The van der Waals surface area contributed by atoms with Crippen molar-refractivity contribution in [1.29, 1.82) is 0 Å². The van der Waals surface area contributed by atoms with Crippen molar-refractivity contribution in [2.24, 2.45) is 0 Å². The minimum atomic E-state index is -0.488. The lowest BCUT2D eigenvalue weighted by atomic mass is 10.1. The quantitative estimate of drug-likeness (QED) is 0.748. The number of rotatable bonds is 5. The first-order valence-corrected chi connectivity index (χ1v) is 8.32. The summed E-state index contributed by atoms with van der Waals surface area (Å²) in [4.78, 5) is 24.0. The van der Waals surface area contributed by atoms with Crippen molar-refractivity contribution in [2.45, 2.75) is 13.8 Å². The molecule has 0 bridgehead atoms. The van der Waals surface area contributed by atoms with Crippen molar-refractivity contribution in [3.05, 3.63) is 57.6 Å². The Bertz CT molecular complexity index is 772. The zero-order chi connectivity index (χ0) is 18.4. The third-order valence-corrected chi connectivity index (χ3v) is 3.78. The second-order valence-electron chi connectivity index (χ2n) is 5.46. The largest absolute Gasteiger partial charge is 0.496 e. The summed E-state index contributed by atoms with van der Waals surface area (Å²) in [6, 6.07) is 10.7. The lowest BCUT2D eigenvalue weighted by Gasteiger charge is -2.11. The second-order valence-corrected chi connectivity index (χ2v) is 6.37. The predicted molar refractivity (Wildman–Crippen MR) is 97.7 cm³/mol. The van der Waals surface area contributed by atoms with E-state index in [1.165, 1.54) is 7.11 Å². The van der Waals surface area contributed by atoms with Crippen molar-refractivity contribution < 1.29 is 19.1 Å². The standard InChI is InChI=1S/C18H19BrN2O4/c1-11-6-12(2)8-14(7-11)25-10-17(22)20-21-18(23)15-9-13(19)4-5-16(15)24-3/h4-9H,10H2,1-3H3,(H,20,22)(H,21,23). The van der Waals surface area contributed by atoms with Gasteiger partial charge in [0.1, 0.15) is 11.5 Å². The predicted octanol–water partition coefficient (Wildman–Crippen LogP) is 2.91. The summed E-state index contributed by atoms with van der Waals surface area (Å²) in [5, 5.41) is 0. The van der Waals surface area contributed by atoms with Gasteiger partial charge in [-0.05, 0) is 55.3 Å². The summed E-state index contributed by atoms with van der Waals surface area (Å²) in [5.41, 5.74) is 7.05. The summed E-state index contributed by atoms with van der Waals surface area (Å²) in [7, 11) is 1.47. The lowest BCUT2D eigenvalue weighted by molar-refractivity contribution is -0.123. The van der Waals surface area contributed by atoms with Gasteiger partial charge in [-0.3, -0.25) is 20.4 Å². The number of hydrogen-bond donors (Lipinski definition) is 2. The van der Waals surface area contributed by atoms with Crippen LogP contribution in [0.1, 0.15) is 21.5 Å². The van der Waals surface area contributed by atoms with E-state index < -0.39 is 11.8 Å². The zero-order valence-electron chi connectivity index (χ0n) is 14.2. The maximum absolute atomic E-state index is 12.2. The number of carbonyl (C=O) groups is 2. The number of nitrogens with one attached hydrogen (secondary N) is 2. The van der Waals surface area contributed by atoms with Crippen molar-refractivity contribution in [3.63, 3.8) is 0 Å². The summed E-state index contributed by atoms with van der Waals surface area (Å²) in [6.45, 7) is 3.69. The molecule has 0 saturated carbocycles. The molecule has 2 amide bonds. The molecule has 0 saturated heterocycles. The highest BCUT2D eigenvalue weighted by molar-refractivity contribution is 9.10. The van der Waals surface area contributed by atoms with Crippen LogP contribution in [0.25, 0.3) is 0 Å². The molecular formula is C18H19BrN2O4. The molecule has 0 aliphatic carbocycles. The molecule has 0 heterocycles. The van der Waals surface area contributed by atoms with Gasteiger partial charge in [0.2, 0.25) is 0 Å². The Morgan fingerprint density at radius 1 is 1.04 bits per heavy atom. The van der Waals surface area contributed by atoms with Gasteiger partial charge in [-0.1, -0.05) is 22.0 Å². The molecule has 0 radical (unpaired) electrons. The molecule has 25 heavy (non-hydrogen) atoms. The lowest BCUT2D eigenvalue weighted by Crippen LogP contribution is -2.43. The molecule has 2 rings (SSSR count). The molecule has 2 aromatic rings. The fourth-order valence-corrected chi connectivity index (χ4v) is 2.61. The van der Waals surface area contributed by atoms with Crippen LogP contribution < -0.4 is 20.3 Å². The number of ether oxygens (including phenoxy) is 2. The number of carbonyl (C=O) groups excluding carboxylic acids is 2. The van der Waals surface area contributed by atoms with Crippen LogP contribution in [0.5, 0.6) is 11.5 Å². The molecule has 6 nitrogen and oxygen atoms in total. The van der Waals surface area contributed by atoms with E-state index in [4.69, 9.17) is 9.47 Å². The minimum absolute atomic E-state index is 0.210. The minimum Gasteiger partial charge on any atom is -0.496 e. The van der Waals surface area contributed by atoms with Crippen LogP contribution in [0.2, 0.25) is 0 Å². The monoisotopic (exact) mass is 406 g/mol. The van der Waals surface area contributed by atoms with E-state index in [2.05, 4.69) is 26.8 Å². The number of methoxy groups -OCH3 is 1. The highest BCUT2D eigenvalue weighted by atomic mass is 79.9. The van der Waals surface area contributed by atoms with Crippen LogP contribution in [0.3, 0.4) is 0 Å². The van der Waals surface area contributed by atoms with Crippen molar-refractivity contribution in [3.8, 4) is 11.5 Å². The van der Waals surface area contributed by atoms with E-state index in [0.717, 1.165) is 15.6 Å². The van der Waals surface area contributed by atoms with Gasteiger partial charge in [-0.15, -0.1) is 0 Å². The first-order chi connectivity index (χ1) is 11.9. The fourth-order valence-electron chi connectivity index (χ4n) is 2.25. The van der Waals surface area contributed by atoms with Gasteiger partial charge in [0.15, 0.2) is 6.61 Å². The summed E-state index contributed by atoms with van der Waals surface area (Å²) in [5.74, 6) is 0.0495. The van der Waals surface area contributed by atoms with Gasteiger partial charge in [0, 0.05) is 4.47 Å². The van der Waals surface area contributed by atoms with Gasteiger partial charge in [-0.2, -0.15) is 0 Å². The molecule has 0 aromatic heterocycles. The van der Waals surface area contributed by atoms with Crippen molar-refractivity contribution >= 4 is 27.7 Å². The number of halogens is 1. The molecule has 0 aliphatic heterocycles. The van der Waals surface area contributed by atoms with Crippen LogP contribution in [-0.2, 0) is 4.79 Å². The molecule has 2 aromatic carbocycles. The van der Waals surface area contributed by atoms with Crippen LogP contribution in [-0.4, -0.2) is 25.5 Å². The van der Waals surface area contributed by atoms with Crippen molar-refractivity contribution in [2.75, 3.05) is 13.7 Å². The SMILES string of the molecule is COc1ccc(Br)cc1C(=O)NNC(=O)COc1cc(C)cc(C)c1. The summed E-state index contributed by atoms with van der Waals surface area (Å²) >= 11 is 3.29. The molecule has 0 unspecified atom stereocenters. The Labute approximate surface area is 154 Å². The molecule has 0 fully saturated rings. The van der Waals surface area contributed by atoms with E-state index in [1.54, 1.807) is 18.2 Å². The number of hydrogen-bond acceptors (Lipinski definition) is 4. The van der Waals surface area contributed by atoms with Gasteiger partial charge in [0.25, 0.3) is 11.8 Å². The second kappa shape index (κ2) is 8.53. The molecule has 7 heteroatoms. The average Bonchev–Trinajstić information content (AvgIpc) is 2.57. The zero-order valence-corrected chi connectivity index (χ0v) is 15.8. The number of hydrazine groups is 1. The molecule has 0 atom stereocenters. The molecule has 2 N–H and O–H groups in total. The fraction of sp³-hybridized carbons (Fsp3) is 0.222. The third-order valence-electron chi connectivity index (χ3n) is 3.29. The molecule has 0 aliphatic rings. The van der Waals surface area contributed by atoms with Gasteiger partial charge >= 0.3 is 0 Å². The molecular weight excluding hydrogens is 388 g/mol. The number of benzene rings is 2. The van der Waals surface area contributed by atoms with E-state index in [1.807, 2.05) is 32.0 Å². The maximum atomic E-state index is 12.2. The average molecular weight is 407 g/mol. The smallest absolute Gasteiger partial charge is 0.276 e. The van der Waals surface area contributed by atoms with Crippen molar-refractivity contribution in [1.82, 2.24) is 10.9 Å². The number of amides is 2. The highest BCUT2D eigenvalue weighted by Gasteiger charge is 2.14. The van der Waals surface area contributed by atoms with Crippen LogP contribution >= 0.6 is 15.9 Å². The van der Waals surface area contributed by atoms with Crippen LogP contribution in [0.4, 0.5) is 0 Å². The Morgan fingerprint density at radius 3 is 2.36 bits per heavy atom. The van der Waals surface area contributed by atoms with Gasteiger partial charge < -0.3 is 9.47 Å². The Morgan fingerprint density at radius 2 is 1.72 bits per heavy atom. The van der Waals surface area contributed by atoms with Crippen LogP contribution in [0.15, 0.2) is 40.9 Å². The first kappa shape index (κ1) is 18.8. The Hall–Kier alpha value is -2.54. The number of aryl methyl sites for hydroxylation is 2. The van der Waals surface area contributed by atoms with E-state index >= 15 is 0 Å².